The molecule has 2 heterocycles. The van der Waals surface area contributed by atoms with Gasteiger partial charge in [0.05, 0.1) is 18.4 Å². The number of benzene rings is 2. The number of ether oxygens (including phenoxy) is 1. The largest absolute Gasteiger partial charge is 0.493 e. The fourth-order valence-corrected chi connectivity index (χ4v) is 3.33. The number of carbonyl (C=O) groups is 1. The van der Waals surface area contributed by atoms with E-state index in [0.29, 0.717) is 18.8 Å². The van der Waals surface area contributed by atoms with Crippen molar-refractivity contribution in [3.8, 4) is 16.9 Å². The van der Waals surface area contributed by atoms with Gasteiger partial charge in [-0.25, -0.2) is 4.79 Å². The van der Waals surface area contributed by atoms with Gasteiger partial charge in [-0.1, -0.05) is 30.3 Å². The van der Waals surface area contributed by atoms with Crippen LogP contribution < -0.4 is 10.1 Å². The molecule has 0 spiro atoms. The van der Waals surface area contributed by atoms with Crippen LogP contribution in [0, 0.1) is 0 Å². The topological polar surface area (TPSA) is 71.7 Å². The lowest BCUT2D eigenvalue weighted by atomic mass is 9.85. The first kappa shape index (κ1) is 14.6. The number of nitrogens with one attached hydrogen (secondary N) is 1. The van der Waals surface area contributed by atoms with Gasteiger partial charge in [0.25, 0.3) is 0 Å². The van der Waals surface area contributed by atoms with Gasteiger partial charge in [0.1, 0.15) is 11.3 Å². The molecule has 1 aliphatic rings. The summed E-state index contributed by atoms with van der Waals surface area (Å²) < 4.78 is 11.4. The highest BCUT2D eigenvalue weighted by Crippen LogP contribution is 2.40. The van der Waals surface area contributed by atoms with Crippen molar-refractivity contribution in [1.82, 2.24) is 5.32 Å². The average molecular weight is 323 g/mol. The summed E-state index contributed by atoms with van der Waals surface area (Å²) >= 11 is 0. The van der Waals surface area contributed by atoms with Crippen LogP contribution in [-0.4, -0.2) is 17.8 Å². The second-order valence-electron chi connectivity index (χ2n) is 6.22. The van der Waals surface area contributed by atoms with Gasteiger partial charge in [-0.15, -0.1) is 0 Å². The zero-order valence-corrected chi connectivity index (χ0v) is 13.2. The van der Waals surface area contributed by atoms with Crippen molar-refractivity contribution < 1.29 is 19.1 Å². The van der Waals surface area contributed by atoms with Crippen LogP contribution in [-0.2, 0) is 5.54 Å². The van der Waals surface area contributed by atoms with Gasteiger partial charge in [-0.2, -0.15) is 0 Å². The first-order valence-electron chi connectivity index (χ1n) is 7.82. The zero-order chi connectivity index (χ0) is 16.7. The second kappa shape index (κ2) is 5.30. The van der Waals surface area contributed by atoms with E-state index in [1.807, 2.05) is 49.4 Å². The van der Waals surface area contributed by atoms with E-state index >= 15 is 0 Å². The quantitative estimate of drug-likeness (QED) is 0.735. The minimum Gasteiger partial charge on any atom is -0.493 e. The molecule has 1 amide bonds. The van der Waals surface area contributed by atoms with Crippen LogP contribution in [0.3, 0.4) is 0 Å². The number of furan rings is 1. The maximum atomic E-state index is 11.1. The van der Waals surface area contributed by atoms with Crippen LogP contribution >= 0.6 is 0 Å². The second-order valence-corrected chi connectivity index (χ2v) is 6.22. The Morgan fingerprint density at radius 1 is 1.25 bits per heavy atom. The van der Waals surface area contributed by atoms with Gasteiger partial charge in [0.2, 0.25) is 0 Å². The maximum Gasteiger partial charge on any atom is 0.405 e. The third kappa shape index (κ3) is 2.29. The number of hydrogen-bond acceptors (Lipinski definition) is 3. The molecular formula is C19H17NO4. The monoisotopic (exact) mass is 323 g/mol. The van der Waals surface area contributed by atoms with Crippen molar-refractivity contribution >= 4 is 17.1 Å². The molecule has 2 N–H and O–H groups in total. The minimum absolute atomic E-state index is 0.472. The fourth-order valence-electron chi connectivity index (χ4n) is 3.33. The Morgan fingerprint density at radius 2 is 2.08 bits per heavy atom. The van der Waals surface area contributed by atoms with Gasteiger partial charge in [-0.05, 0) is 24.6 Å². The number of carboxylic acid groups (broad SMARTS) is 1. The van der Waals surface area contributed by atoms with Gasteiger partial charge >= 0.3 is 6.09 Å². The highest BCUT2D eigenvalue weighted by atomic mass is 16.5. The Balaban J connectivity index is 1.80. The van der Waals surface area contributed by atoms with Gasteiger partial charge in [0, 0.05) is 22.9 Å². The summed E-state index contributed by atoms with van der Waals surface area (Å²) in [7, 11) is 0. The molecule has 122 valence electrons. The molecule has 1 unspecified atom stereocenters. The SMILES string of the molecule is CC1(NC(=O)O)CCOc2cc(-c3coc4ccccc34)ccc21. The van der Waals surface area contributed by atoms with Crippen LogP contribution in [0.1, 0.15) is 18.9 Å². The highest BCUT2D eigenvalue weighted by molar-refractivity contribution is 5.94. The summed E-state index contributed by atoms with van der Waals surface area (Å²) in [5, 5.41) is 12.8. The summed E-state index contributed by atoms with van der Waals surface area (Å²) in [5.74, 6) is 0.709. The van der Waals surface area contributed by atoms with Crippen LogP contribution in [0.4, 0.5) is 4.79 Å². The Bertz CT molecular complexity index is 930. The Labute approximate surface area is 138 Å². The number of para-hydroxylation sites is 1. The summed E-state index contributed by atoms with van der Waals surface area (Å²) in [4.78, 5) is 11.1. The van der Waals surface area contributed by atoms with E-state index in [1.165, 1.54) is 0 Å². The molecule has 1 aromatic heterocycles. The van der Waals surface area contributed by atoms with Crippen molar-refractivity contribution in [2.45, 2.75) is 18.9 Å². The molecule has 5 heteroatoms. The summed E-state index contributed by atoms with van der Waals surface area (Å²) in [6.45, 7) is 2.36. The maximum absolute atomic E-state index is 11.1. The fraction of sp³-hybridized carbons (Fsp3) is 0.211. The first-order valence-corrected chi connectivity index (χ1v) is 7.82. The van der Waals surface area contributed by atoms with Crippen molar-refractivity contribution in [2.75, 3.05) is 6.61 Å². The zero-order valence-electron chi connectivity index (χ0n) is 13.2. The smallest absolute Gasteiger partial charge is 0.405 e. The van der Waals surface area contributed by atoms with Crippen molar-refractivity contribution in [2.24, 2.45) is 0 Å². The van der Waals surface area contributed by atoms with Crippen LogP contribution in [0.5, 0.6) is 5.75 Å². The van der Waals surface area contributed by atoms with Crippen LogP contribution in [0.2, 0.25) is 0 Å². The van der Waals surface area contributed by atoms with Gasteiger partial charge < -0.3 is 19.6 Å². The standard InChI is InChI=1S/C19H17NO4/c1-19(20-18(21)22)8-9-23-17-10-12(6-7-15(17)19)14-11-24-16-5-3-2-4-13(14)16/h2-7,10-11,20H,8-9H2,1H3,(H,21,22). The minimum atomic E-state index is -1.03. The van der Waals surface area contributed by atoms with Gasteiger partial charge in [0.15, 0.2) is 0 Å². The third-order valence-electron chi connectivity index (χ3n) is 4.61. The number of rotatable bonds is 2. The van der Waals surface area contributed by atoms with E-state index in [2.05, 4.69) is 5.32 Å². The third-order valence-corrected chi connectivity index (χ3v) is 4.61. The lowest BCUT2D eigenvalue weighted by molar-refractivity contribution is 0.158. The number of amides is 1. The molecule has 3 aromatic rings. The molecule has 0 fully saturated rings. The molecular weight excluding hydrogens is 306 g/mol. The van der Waals surface area contributed by atoms with E-state index < -0.39 is 11.6 Å². The molecule has 5 nitrogen and oxygen atoms in total. The average Bonchev–Trinajstić information content (AvgIpc) is 2.98. The molecule has 0 aliphatic carbocycles. The molecule has 1 atom stereocenters. The lowest BCUT2D eigenvalue weighted by Gasteiger charge is -2.35. The van der Waals surface area contributed by atoms with E-state index in [1.54, 1.807) is 6.26 Å². The number of fused-ring (bicyclic) bond motifs is 2. The predicted molar refractivity (Wildman–Crippen MR) is 90.3 cm³/mol. The first-order chi connectivity index (χ1) is 11.6. The molecule has 24 heavy (non-hydrogen) atoms. The van der Waals surface area contributed by atoms with E-state index in [-0.39, 0.29) is 0 Å². The van der Waals surface area contributed by atoms with Crippen LogP contribution in [0.15, 0.2) is 53.1 Å². The Morgan fingerprint density at radius 3 is 2.92 bits per heavy atom. The summed E-state index contributed by atoms with van der Waals surface area (Å²) in [6, 6.07) is 13.7. The van der Waals surface area contributed by atoms with Crippen molar-refractivity contribution in [1.29, 1.82) is 0 Å². The molecule has 0 radical (unpaired) electrons. The molecule has 1 aliphatic heterocycles. The molecule has 2 aromatic carbocycles. The molecule has 0 saturated carbocycles. The predicted octanol–water partition coefficient (Wildman–Crippen LogP) is 4.37. The Hall–Kier alpha value is -2.95. The van der Waals surface area contributed by atoms with Crippen molar-refractivity contribution in [3.05, 3.63) is 54.3 Å². The van der Waals surface area contributed by atoms with E-state index in [4.69, 9.17) is 14.3 Å². The summed E-state index contributed by atoms with van der Waals surface area (Å²) in [5.41, 5.74) is 3.03. The number of hydrogen-bond donors (Lipinski definition) is 2. The van der Waals surface area contributed by atoms with Crippen molar-refractivity contribution in [3.63, 3.8) is 0 Å². The normalized spacial score (nSPS) is 19.5. The highest BCUT2D eigenvalue weighted by Gasteiger charge is 2.35. The van der Waals surface area contributed by atoms with Gasteiger partial charge in [-0.3, -0.25) is 0 Å². The molecule has 0 bridgehead atoms. The van der Waals surface area contributed by atoms with Crippen LogP contribution in [0.25, 0.3) is 22.1 Å². The van der Waals surface area contributed by atoms with E-state index in [0.717, 1.165) is 27.7 Å². The Kier molecular flexibility index (Phi) is 3.23. The lowest BCUT2D eigenvalue weighted by Crippen LogP contribution is -2.46. The molecule has 0 saturated heterocycles. The molecule has 4 rings (SSSR count). The van der Waals surface area contributed by atoms with E-state index in [9.17, 15) is 4.79 Å². The summed E-state index contributed by atoms with van der Waals surface area (Å²) in [6.07, 6.45) is 1.31.